The zero-order valence-corrected chi connectivity index (χ0v) is 4.49. The summed E-state index contributed by atoms with van der Waals surface area (Å²) < 4.78 is 0. The molecule has 0 aliphatic carbocycles. The second kappa shape index (κ2) is 9.89. The van der Waals surface area contributed by atoms with Crippen molar-refractivity contribution >= 4 is 65.3 Å². The number of hydrogen-bond acceptors (Lipinski definition) is 1. The van der Waals surface area contributed by atoms with Gasteiger partial charge in [-0.05, 0) is 12.2 Å². The summed E-state index contributed by atoms with van der Waals surface area (Å²) >= 11 is 0. The van der Waals surface area contributed by atoms with Crippen molar-refractivity contribution in [2.75, 3.05) is 0 Å². The Kier molecular flexibility index (Phi) is 13.3. The molecule has 0 saturated carbocycles. The molecule has 0 aromatic carbocycles. The average Bonchev–Trinajstić information content (AvgIpc) is 1.62. The monoisotopic (exact) mass is 153 g/mol. The number of nitrogens with zero attached hydrogens (tertiary/aromatic N) is 1. The molecule has 1 aliphatic heterocycles. The van der Waals surface area contributed by atoms with Crippen LogP contribution in [-0.2, 0) is 0 Å². The summed E-state index contributed by atoms with van der Waals surface area (Å²) in [5.74, 6) is 0. The minimum absolute atomic E-state index is 0. The molecule has 0 N–H and O–H groups in total. The molecule has 0 bridgehead atoms. The maximum absolute atomic E-state index is 3.89. The Balaban J connectivity index is 0. The van der Waals surface area contributed by atoms with Gasteiger partial charge in [-0.3, -0.25) is 4.99 Å². The first-order chi connectivity index (χ1) is 4.00. The van der Waals surface area contributed by atoms with Crippen molar-refractivity contribution in [1.29, 1.82) is 0 Å². The molecule has 1 rings (SSSR count). The summed E-state index contributed by atoms with van der Waals surface area (Å²) in [6.07, 6.45) is 13.1. The Morgan fingerprint density at radius 2 is 1.30 bits per heavy atom. The molecule has 0 spiro atoms. The van der Waals surface area contributed by atoms with Crippen LogP contribution in [-0.4, -0.2) is 65.3 Å². The van der Waals surface area contributed by atoms with E-state index < -0.39 is 0 Å². The van der Waals surface area contributed by atoms with Crippen LogP contribution in [0.5, 0.6) is 0 Å². The van der Waals surface area contributed by atoms with Crippen LogP contribution in [0.3, 0.4) is 0 Å². The van der Waals surface area contributed by atoms with E-state index in [1.165, 1.54) is 0 Å². The van der Waals surface area contributed by atoms with Gasteiger partial charge in [0.2, 0.25) is 0 Å². The fraction of sp³-hybridized carbons (Fsp3) is 0. The summed E-state index contributed by atoms with van der Waals surface area (Å²) in [7, 11) is 0. The van der Waals surface area contributed by atoms with Crippen LogP contribution >= 0.6 is 0 Å². The van der Waals surface area contributed by atoms with E-state index in [9.17, 15) is 0 Å². The van der Waals surface area contributed by atoms with Crippen molar-refractivity contribution in [2.45, 2.75) is 0 Å². The molecule has 0 radical (unpaired) electrons. The molecule has 0 unspecified atom stereocenters. The first-order valence-corrected chi connectivity index (χ1v) is 2.52. The van der Waals surface area contributed by atoms with E-state index in [2.05, 4.69) is 4.99 Å². The topological polar surface area (TPSA) is 12.4 Å². The zero-order valence-electron chi connectivity index (χ0n) is 4.49. The van der Waals surface area contributed by atoms with Gasteiger partial charge in [0.1, 0.15) is 0 Å². The van der Waals surface area contributed by atoms with Gasteiger partial charge in [0.15, 0.2) is 0 Å². The Hall–Kier alpha value is 0.890. The van der Waals surface area contributed by atoms with Crippen LogP contribution in [0.1, 0.15) is 0 Å². The Morgan fingerprint density at radius 1 is 0.700 bits per heavy atom. The molecule has 1 nitrogen and oxygen atoms in total. The predicted molar refractivity (Wildman–Crippen MR) is 50.2 cm³/mol. The molecule has 10 heavy (non-hydrogen) atoms. The van der Waals surface area contributed by atoms with Gasteiger partial charge in [-0.25, -0.2) is 0 Å². The van der Waals surface area contributed by atoms with Gasteiger partial charge in [0.05, 0.1) is 0 Å². The number of aliphatic imine (C=N–C) groups is 1. The molecule has 0 aromatic rings. The summed E-state index contributed by atoms with van der Waals surface area (Å²) in [5, 5.41) is 0. The van der Waals surface area contributed by atoms with Crippen LogP contribution in [0.2, 0.25) is 0 Å². The number of allylic oxidation sites excluding steroid dienone is 5. The molecule has 44 valence electrons. The van der Waals surface area contributed by atoms with Crippen LogP contribution in [0.15, 0.2) is 41.6 Å². The van der Waals surface area contributed by atoms with Crippen molar-refractivity contribution in [3.05, 3.63) is 36.6 Å². The second-order valence-corrected chi connectivity index (χ2v) is 1.41. The normalized spacial score (nSPS) is 12.8. The summed E-state index contributed by atoms with van der Waals surface area (Å²) in [6, 6.07) is 0. The van der Waals surface area contributed by atoms with E-state index in [1.807, 2.05) is 30.4 Å². The molecule has 0 aromatic heterocycles. The molecule has 0 saturated heterocycles. The van der Waals surface area contributed by atoms with Crippen LogP contribution in [0, 0.1) is 0 Å². The summed E-state index contributed by atoms with van der Waals surface area (Å²) in [4.78, 5) is 3.89. The van der Waals surface area contributed by atoms with Gasteiger partial charge in [0, 0.05) is 12.4 Å². The van der Waals surface area contributed by atoms with Gasteiger partial charge in [-0.1, -0.05) is 18.2 Å². The quantitative estimate of drug-likeness (QED) is 0.447. The molecule has 3 heteroatoms. The molecule has 0 fully saturated rings. The van der Waals surface area contributed by atoms with Gasteiger partial charge < -0.3 is 0 Å². The van der Waals surface area contributed by atoms with Crippen molar-refractivity contribution in [2.24, 2.45) is 4.99 Å². The molecule has 1 heterocycles. The average molecular weight is 153 g/mol. The molecule has 1 aliphatic rings. The van der Waals surface area contributed by atoms with E-state index in [1.54, 1.807) is 12.4 Å². The van der Waals surface area contributed by atoms with Crippen LogP contribution in [0.4, 0.5) is 0 Å². The fourth-order valence-electron chi connectivity index (χ4n) is 0.441. The second-order valence-electron chi connectivity index (χ2n) is 1.41. The van der Waals surface area contributed by atoms with Crippen molar-refractivity contribution in [3.63, 3.8) is 0 Å². The third-order valence-corrected chi connectivity index (χ3v) is 0.789. The number of rotatable bonds is 0. The van der Waals surface area contributed by atoms with Gasteiger partial charge in [0.25, 0.3) is 0 Å². The van der Waals surface area contributed by atoms with Gasteiger partial charge in [-0.2, -0.15) is 0 Å². The van der Waals surface area contributed by atoms with Gasteiger partial charge in [-0.15, -0.1) is 0 Å². The molecular formula is C7H9NNa2. The first kappa shape index (κ1) is 13.5. The predicted octanol–water partition coefficient (Wildman–Crippen LogP) is 0.400. The molecule has 0 amide bonds. The van der Waals surface area contributed by atoms with Crippen LogP contribution < -0.4 is 0 Å². The summed E-state index contributed by atoms with van der Waals surface area (Å²) in [6.45, 7) is 0. The van der Waals surface area contributed by atoms with Crippen LogP contribution in [0.25, 0.3) is 0 Å². The summed E-state index contributed by atoms with van der Waals surface area (Å²) in [5.41, 5.74) is 0. The van der Waals surface area contributed by atoms with E-state index in [0.29, 0.717) is 0 Å². The maximum atomic E-state index is 3.89. The third kappa shape index (κ3) is 7.00. The first-order valence-electron chi connectivity index (χ1n) is 2.52. The zero-order chi connectivity index (χ0) is 5.66. The minimum atomic E-state index is 0. The molecule has 0 atom stereocenters. The van der Waals surface area contributed by atoms with E-state index >= 15 is 0 Å². The van der Waals surface area contributed by atoms with E-state index in [4.69, 9.17) is 0 Å². The van der Waals surface area contributed by atoms with E-state index in [0.717, 1.165) is 0 Å². The third-order valence-electron chi connectivity index (χ3n) is 0.789. The van der Waals surface area contributed by atoms with Crippen molar-refractivity contribution in [3.8, 4) is 0 Å². The van der Waals surface area contributed by atoms with E-state index in [-0.39, 0.29) is 59.1 Å². The Labute approximate surface area is 106 Å². The Morgan fingerprint density at radius 3 is 2.10 bits per heavy atom. The standard InChI is InChI=1S/C7H7N.2Na.2H/c1-2-4-6-8-7-5-3-1;;;;/h1-7H;;;;. The fourth-order valence-corrected chi connectivity index (χ4v) is 0.441. The Bertz CT molecular complexity index is 112. The SMILES string of the molecule is C1=CC=CN=CC=C1.[NaH].[NaH]. The number of hydrogen-bond donors (Lipinski definition) is 0. The van der Waals surface area contributed by atoms with Crippen molar-refractivity contribution < 1.29 is 0 Å². The molecular weight excluding hydrogens is 144 g/mol. The van der Waals surface area contributed by atoms with Crippen molar-refractivity contribution in [1.82, 2.24) is 0 Å². The van der Waals surface area contributed by atoms with Gasteiger partial charge >= 0.3 is 59.1 Å².